The molecule has 0 aliphatic rings. The molecule has 0 bridgehead atoms. The molecule has 2 aromatic carbocycles. The minimum atomic E-state index is -0.784. The Morgan fingerprint density at radius 3 is 2.58 bits per heavy atom. The lowest BCUT2D eigenvalue weighted by Crippen LogP contribution is -2.34. The number of hydrogen-bond acceptors (Lipinski definition) is 3. The van der Waals surface area contributed by atoms with E-state index in [9.17, 15) is 4.79 Å². The van der Waals surface area contributed by atoms with E-state index in [1.807, 2.05) is 38.2 Å². The number of ether oxygens (including phenoxy) is 2. The van der Waals surface area contributed by atoms with Crippen LogP contribution in [0.25, 0.3) is 10.9 Å². The van der Waals surface area contributed by atoms with Crippen molar-refractivity contribution in [2.24, 2.45) is 0 Å². The van der Waals surface area contributed by atoms with Gasteiger partial charge in [0.05, 0.1) is 25.3 Å². The molecular formula is C20H21ClN2O3. The average molecular weight is 373 g/mol. The van der Waals surface area contributed by atoms with Gasteiger partial charge in [-0.3, -0.25) is 4.79 Å². The third kappa shape index (κ3) is 3.22. The Hall–Kier alpha value is -2.66. The summed E-state index contributed by atoms with van der Waals surface area (Å²) in [5, 5.41) is 4.52. The fraction of sp³-hybridized carbons (Fsp3) is 0.250. The molecule has 2 N–H and O–H groups in total. The van der Waals surface area contributed by atoms with Crippen molar-refractivity contribution in [3.05, 3.63) is 53.2 Å². The number of hydrogen-bond donors (Lipinski definition) is 2. The number of anilines is 1. The van der Waals surface area contributed by atoms with E-state index in [-0.39, 0.29) is 5.91 Å². The normalized spacial score (nSPS) is 11.4. The van der Waals surface area contributed by atoms with Crippen LogP contribution < -0.4 is 14.8 Å². The number of rotatable bonds is 5. The number of carbonyl (C=O) groups is 1. The van der Waals surface area contributed by atoms with Crippen LogP contribution in [0.4, 0.5) is 5.69 Å². The van der Waals surface area contributed by atoms with Crippen LogP contribution in [0.15, 0.2) is 42.6 Å². The number of nitrogens with one attached hydrogen (secondary N) is 2. The Bertz CT molecular complexity index is 963. The fourth-order valence-electron chi connectivity index (χ4n) is 2.91. The van der Waals surface area contributed by atoms with Crippen LogP contribution in [0.1, 0.15) is 19.4 Å². The molecule has 0 aliphatic carbocycles. The first-order valence-corrected chi connectivity index (χ1v) is 8.55. The Balaban J connectivity index is 1.94. The molecule has 5 nitrogen and oxygen atoms in total. The maximum absolute atomic E-state index is 13.0. The van der Waals surface area contributed by atoms with Gasteiger partial charge in [-0.1, -0.05) is 11.6 Å². The van der Waals surface area contributed by atoms with Crippen molar-refractivity contribution < 1.29 is 14.3 Å². The lowest BCUT2D eigenvalue weighted by Gasteiger charge is -2.24. The van der Waals surface area contributed by atoms with Crippen LogP contribution in [0.5, 0.6) is 11.5 Å². The summed E-state index contributed by atoms with van der Waals surface area (Å²) in [4.78, 5) is 16.2. The molecule has 0 atom stereocenters. The Kier molecular flexibility index (Phi) is 4.83. The van der Waals surface area contributed by atoms with Gasteiger partial charge in [-0.25, -0.2) is 0 Å². The van der Waals surface area contributed by atoms with Gasteiger partial charge in [-0.2, -0.15) is 0 Å². The second-order valence-electron chi connectivity index (χ2n) is 6.54. The number of halogens is 1. The van der Waals surface area contributed by atoms with E-state index in [0.29, 0.717) is 22.2 Å². The summed E-state index contributed by atoms with van der Waals surface area (Å²) in [5.41, 5.74) is 1.62. The second-order valence-corrected chi connectivity index (χ2v) is 6.97. The smallest absolute Gasteiger partial charge is 0.234 e. The van der Waals surface area contributed by atoms with Gasteiger partial charge in [0, 0.05) is 28.2 Å². The topological polar surface area (TPSA) is 63.3 Å². The number of aromatic amines is 1. The highest BCUT2D eigenvalue weighted by Gasteiger charge is 2.33. The van der Waals surface area contributed by atoms with Crippen LogP contribution in [-0.2, 0) is 10.2 Å². The first kappa shape index (κ1) is 18.1. The zero-order valence-electron chi connectivity index (χ0n) is 15.1. The maximum atomic E-state index is 13.0. The van der Waals surface area contributed by atoms with Gasteiger partial charge in [0.25, 0.3) is 0 Å². The molecule has 0 unspecified atom stereocenters. The van der Waals surface area contributed by atoms with Crippen molar-refractivity contribution in [3.8, 4) is 11.5 Å². The zero-order chi connectivity index (χ0) is 18.9. The van der Waals surface area contributed by atoms with Gasteiger partial charge in [0.2, 0.25) is 5.91 Å². The minimum absolute atomic E-state index is 0.151. The zero-order valence-corrected chi connectivity index (χ0v) is 15.9. The Morgan fingerprint density at radius 1 is 1.12 bits per heavy atom. The summed E-state index contributed by atoms with van der Waals surface area (Å²) < 4.78 is 10.6. The molecule has 1 aromatic heterocycles. The monoisotopic (exact) mass is 372 g/mol. The summed E-state index contributed by atoms with van der Waals surface area (Å²) in [6.07, 6.45) is 1.85. The number of fused-ring (bicyclic) bond motifs is 1. The van der Waals surface area contributed by atoms with E-state index >= 15 is 0 Å². The molecule has 0 fully saturated rings. The molecule has 0 saturated carbocycles. The molecule has 3 aromatic rings. The molecule has 0 radical (unpaired) electrons. The van der Waals surface area contributed by atoms with E-state index in [1.165, 1.54) is 0 Å². The summed E-state index contributed by atoms with van der Waals surface area (Å²) in [7, 11) is 3.13. The van der Waals surface area contributed by atoms with Crippen molar-refractivity contribution >= 4 is 34.1 Å². The predicted molar refractivity (Wildman–Crippen MR) is 105 cm³/mol. The summed E-state index contributed by atoms with van der Waals surface area (Å²) in [6, 6.07) is 10.9. The molecule has 1 heterocycles. The van der Waals surface area contributed by atoms with Gasteiger partial charge < -0.3 is 19.8 Å². The summed E-state index contributed by atoms with van der Waals surface area (Å²) >= 11 is 6.13. The lowest BCUT2D eigenvalue weighted by molar-refractivity contribution is -0.120. The minimum Gasteiger partial charge on any atom is -0.497 e. The molecule has 0 spiro atoms. The van der Waals surface area contributed by atoms with Crippen LogP contribution in [-0.4, -0.2) is 25.1 Å². The van der Waals surface area contributed by atoms with E-state index in [4.69, 9.17) is 21.1 Å². The molecule has 136 valence electrons. The van der Waals surface area contributed by atoms with Crippen molar-refractivity contribution in [2.75, 3.05) is 19.5 Å². The summed E-state index contributed by atoms with van der Waals surface area (Å²) in [6.45, 7) is 3.75. The van der Waals surface area contributed by atoms with Crippen molar-refractivity contribution in [1.29, 1.82) is 0 Å². The number of benzene rings is 2. The fourth-order valence-corrected chi connectivity index (χ4v) is 3.08. The first-order chi connectivity index (χ1) is 12.4. The Labute approximate surface area is 157 Å². The molecular weight excluding hydrogens is 352 g/mol. The SMILES string of the molecule is COc1ccc(NC(=O)C(C)(C)c2c[nH]c3ccc(Cl)cc23)c(OC)c1. The van der Waals surface area contributed by atoms with Crippen molar-refractivity contribution in [2.45, 2.75) is 19.3 Å². The highest BCUT2D eigenvalue weighted by atomic mass is 35.5. The summed E-state index contributed by atoms with van der Waals surface area (Å²) in [5.74, 6) is 1.04. The van der Waals surface area contributed by atoms with Crippen molar-refractivity contribution in [1.82, 2.24) is 4.98 Å². The number of H-pyrrole nitrogens is 1. The number of carbonyl (C=O) groups excluding carboxylic acids is 1. The van der Waals surface area contributed by atoms with Crippen LogP contribution in [0.3, 0.4) is 0 Å². The molecule has 1 amide bonds. The van der Waals surface area contributed by atoms with Crippen LogP contribution in [0.2, 0.25) is 5.02 Å². The van der Waals surface area contributed by atoms with Gasteiger partial charge >= 0.3 is 0 Å². The van der Waals surface area contributed by atoms with Gasteiger partial charge in [0.1, 0.15) is 11.5 Å². The molecule has 3 rings (SSSR count). The first-order valence-electron chi connectivity index (χ1n) is 8.17. The number of methoxy groups -OCH3 is 2. The Morgan fingerprint density at radius 2 is 1.88 bits per heavy atom. The van der Waals surface area contributed by atoms with Gasteiger partial charge in [-0.05, 0) is 49.7 Å². The van der Waals surface area contributed by atoms with E-state index < -0.39 is 5.41 Å². The highest BCUT2D eigenvalue weighted by molar-refractivity contribution is 6.31. The maximum Gasteiger partial charge on any atom is 0.234 e. The highest BCUT2D eigenvalue weighted by Crippen LogP contribution is 2.35. The number of aromatic nitrogens is 1. The van der Waals surface area contributed by atoms with E-state index in [2.05, 4.69) is 10.3 Å². The third-order valence-electron chi connectivity index (χ3n) is 4.54. The van der Waals surface area contributed by atoms with Crippen LogP contribution >= 0.6 is 11.6 Å². The average Bonchev–Trinajstić information content (AvgIpc) is 3.05. The van der Waals surface area contributed by atoms with Crippen molar-refractivity contribution in [3.63, 3.8) is 0 Å². The standard InChI is InChI=1S/C20H21ClN2O3/c1-20(2,15-11-22-16-7-5-12(21)9-14(15)16)19(24)23-17-8-6-13(25-3)10-18(17)26-4/h5-11,22H,1-4H3,(H,23,24). The third-order valence-corrected chi connectivity index (χ3v) is 4.78. The number of amides is 1. The molecule has 6 heteroatoms. The van der Waals surface area contributed by atoms with Gasteiger partial charge in [0.15, 0.2) is 0 Å². The second kappa shape index (κ2) is 6.92. The molecule has 26 heavy (non-hydrogen) atoms. The van der Waals surface area contributed by atoms with E-state index in [0.717, 1.165) is 16.5 Å². The van der Waals surface area contributed by atoms with Crippen LogP contribution in [0, 0.1) is 0 Å². The lowest BCUT2D eigenvalue weighted by atomic mass is 9.83. The predicted octanol–water partition coefficient (Wildman–Crippen LogP) is 4.75. The van der Waals surface area contributed by atoms with Gasteiger partial charge in [-0.15, -0.1) is 0 Å². The largest absolute Gasteiger partial charge is 0.497 e. The quantitative estimate of drug-likeness (QED) is 0.679. The van der Waals surface area contributed by atoms with E-state index in [1.54, 1.807) is 32.4 Å². The molecule has 0 aliphatic heterocycles. The molecule has 0 saturated heterocycles.